The Labute approximate surface area is 166 Å². The molecular weight excluding hydrogens is 374 g/mol. The highest BCUT2D eigenvalue weighted by Crippen LogP contribution is 2.19. The molecular formula is C21H25N3O3S. The van der Waals surface area contributed by atoms with Gasteiger partial charge in [-0.25, -0.2) is 13.1 Å². The van der Waals surface area contributed by atoms with Crippen LogP contribution in [0.1, 0.15) is 48.0 Å². The van der Waals surface area contributed by atoms with E-state index in [0.717, 1.165) is 24.8 Å². The summed E-state index contributed by atoms with van der Waals surface area (Å²) in [5.74, 6) is -0.261. The smallest absolute Gasteiger partial charge is 0.251 e. The molecule has 3 rings (SSSR count). The van der Waals surface area contributed by atoms with E-state index in [4.69, 9.17) is 0 Å². The van der Waals surface area contributed by atoms with E-state index in [-0.39, 0.29) is 17.3 Å². The van der Waals surface area contributed by atoms with Crippen molar-refractivity contribution in [2.75, 3.05) is 6.54 Å². The van der Waals surface area contributed by atoms with Gasteiger partial charge in [0.2, 0.25) is 10.0 Å². The summed E-state index contributed by atoms with van der Waals surface area (Å²) in [5, 5.41) is 2.88. The Morgan fingerprint density at radius 1 is 1.11 bits per heavy atom. The zero-order valence-electron chi connectivity index (χ0n) is 15.7. The van der Waals surface area contributed by atoms with Gasteiger partial charge in [0.15, 0.2) is 0 Å². The van der Waals surface area contributed by atoms with E-state index in [1.807, 2.05) is 0 Å². The highest BCUT2D eigenvalue weighted by atomic mass is 32.2. The summed E-state index contributed by atoms with van der Waals surface area (Å²) >= 11 is 0. The molecule has 0 unspecified atom stereocenters. The number of hydrogen-bond acceptors (Lipinski definition) is 4. The normalized spacial score (nSPS) is 14.4. The predicted molar refractivity (Wildman–Crippen MR) is 108 cm³/mol. The highest BCUT2D eigenvalue weighted by molar-refractivity contribution is 7.89. The van der Waals surface area contributed by atoms with Crippen molar-refractivity contribution >= 4 is 15.9 Å². The first-order chi connectivity index (χ1) is 13.5. The van der Waals surface area contributed by atoms with Gasteiger partial charge < -0.3 is 5.32 Å². The summed E-state index contributed by atoms with van der Waals surface area (Å²) in [6.45, 7) is 0.721. The molecule has 0 atom stereocenters. The molecule has 2 N–H and O–H groups in total. The van der Waals surface area contributed by atoms with E-state index in [1.165, 1.54) is 30.5 Å². The molecule has 1 aromatic carbocycles. The molecule has 1 aliphatic carbocycles. The number of sulfonamides is 1. The monoisotopic (exact) mass is 399 g/mol. The Morgan fingerprint density at radius 3 is 2.68 bits per heavy atom. The summed E-state index contributed by atoms with van der Waals surface area (Å²) < 4.78 is 27.6. The maximum Gasteiger partial charge on any atom is 0.251 e. The maximum absolute atomic E-state index is 12.5. The number of nitrogens with zero attached hydrogens (tertiary/aromatic N) is 1. The van der Waals surface area contributed by atoms with E-state index in [9.17, 15) is 13.2 Å². The average Bonchev–Trinajstić information content (AvgIpc) is 2.74. The van der Waals surface area contributed by atoms with E-state index < -0.39 is 10.0 Å². The van der Waals surface area contributed by atoms with E-state index in [1.54, 1.807) is 36.7 Å². The number of pyridine rings is 1. The summed E-state index contributed by atoms with van der Waals surface area (Å²) in [5.41, 5.74) is 2.54. The van der Waals surface area contributed by atoms with Crippen LogP contribution < -0.4 is 10.0 Å². The molecule has 1 heterocycles. The number of carbonyl (C=O) groups is 1. The fourth-order valence-electron chi connectivity index (χ4n) is 3.14. The molecule has 0 bridgehead atoms. The molecule has 0 spiro atoms. The zero-order chi connectivity index (χ0) is 19.8. The summed E-state index contributed by atoms with van der Waals surface area (Å²) in [4.78, 5) is 16.4. The number of rotatable bonds is 8. The molecule has 1 aliphatic rings. The number of carbonyl (C=O) groups excluding carboxylic acids is 1. The third kappa shape index (κ3) is 5.74. The second kappa shape index (κ2) is 9.61. The zero-order valence-corrected chi connectivity index (χ0v) is 16.5. The van der Waals surface area contributed by atoms with Crippen molar-refractivity contribution in [3.05, 3.63) is 71.6 Å². The molecule has 0 radical (unpaired) electrons. The lowest BCUT2D eigenvalue weighted by Crippen LogP contribution is -2.26. The number of allylic oxidation sites excluding steroid dienone is 1. The van der Waals surface area contributed by atoms with Crippen molar-refractivity contribution < 1.29 is 13.2 Å². The average molecular weight is 400 g/mol. The highest BCUT2D eigenvalue weighted by Gasteiger charge is 2.16. The molecule has 28 heavy (non-hydrogen) atoms. The number of nitrogens with one attached hydrogen (secondary N) is 2. The number of benzene rings is 1. The molecule has 0 saturated carbocycles. The van der Waals surface area contributed by atoms with Gasteiger partial charge in [0, 0.05) is 31.0 Å². The lowest BCUT2D eigenvalue weighted by Gasteiger charge is -2.13. The SMILES string of the molecule is O=C(NCCC1=CCCCC1)c1cccc(S(=O)(=O)NCc2ccncc2)c1. The van der Waals surface area contributed by atoms with E-state index in [0.29, 0.717) is 12.1 Å². The van der Waals surface area contributed by atoms with Crippen LogP contribution in [0.4, 0.5) is 0 Å². The molecule has 0 saturated heterocycles. The van der Waals surface area contributed by atoms with Gasteiger partial charge in [-0.05, 0) is 68.0 Å². The number of hydrogen-bond donors (Lipinski definition) is 2. The van der Waals surface area contributed by atoms with Crippen LogP contribution in [0, 0.1) is 0 Å². The summed E-state index contributed by atoms with van der Waals surface area (Å²) in [7, 11) is -3.71. The van der Waals surface area contributed by atoms with Crippen LogP contribution in [0.2, 0.25) is 0 Å². The van der Waals surface area contributed by atoms with Crippen molar-refractivity contribution in [3.63, 3.8) is 0 Å². The maximum atomic E-state index is 12.5. The Balaban J connectivity index is 1.58. The van der Waals surface area contributed by atoms with Gasteiger partial charge in [-0.2, -0.15) is 0 Å². The van der Waals surface area contributed by atoms with Gasteiger partial charge >= 0.3 is 0 Å². The van der Waals surface area contributed by atoms with E-state index in [2.05, 4.69) is 21.1 Å². The molecule has 2 aromatic rings. The Bertz CT molecular complexity index is 940. The van der Waals surface area contributed by atoms with Gasteiger partial charge in [-0.1, -0.05) is 17.7 Å². The van der Waals surface area contributed by atoms with Crippen molar-refractivity contribution in [2.45, 2.75) is 43.5 Å². The quantitative estimate of drug-likeness (QED) is 0.668. The van der Waals surface area contributed by atoms with Crippen molar-refractivity contribution in [2.24, 2.45) is 0 Å². The number of amides is 1. The Hall–Kier alpha value is -2.51. The topological polar surface area (TPSA) is 88.2 Å². The lowest BCUT2D eigenvalue weighted by molar-refractivity contribution is 0.0954. The lowest BCUT2D eigenvalue weighted by atomic mass is 9.97. The Morgan fingerprint density at radius 2 is 1.93 bits per heavy atom. The second-order valence-corrected chi connectivity index (χ2v) is 8.59. The number of aromatic nitrogens is 1. The molecule has 0 fully saturated rings. The molecule has 0 aliphatic heterocycles. The fraction of sp³-hybridized carbons (Fsp3) is 0.333. The standard InChI is InChI=1S/C21H25N3O3S/c25-21(23-14-11-17-5-2-1-3-6-17)19-7-4-8-20(15-19)28(26,27)24-16-18-9-12-22-13-10-18/h4-5,7-10,12-13,15,24H,1-3,6,11,14,16H2,(H,23,25). The van der Waals surface area contributed by atoms with Gasteiger partial charge in [-0.3, -0.25) is 9.78 Å². The first-order valence-corrected chi connectivity index (χ1v) is 11.0. The van der Waals surface area contributed by atoms with Gasteiger partial charge in [0.05, 0.1) is 4.90 Å². The van der Waals surface area contributed by atoms with Gasteiger partial charge in [0.25, 0.3) is 5.91 Å². The summed E-state index contributed by atoms with van der Waals surface area (Å²) in [6, 6.07) is 9.58. The van der Waals surface area contributed by atoms with Crippen molar-refractivity contribution in [1.29, 1.82) is 0 Å². The van der Waals surface area contributed by atoms with Crippen LogP contribution in [0.15, 0.2) is 65.3 Å². The third-order valence-corrected chi connectivity index (χ3v) is 6.14. The molecule has 6 nitrogen and oxygen atoms in total. The second-order valence-electron chi connectivity index (χ2n) is 6.82. The Kier molecular flexibility index (Phi) is 6.95. The molecule has 148 valence electrons. The van der Waals surface area contributed by atoms with Crippen molar-refractivity contribution in [1.82, 2.24) is 15.0 Å². The third-order valence-electron chi connectivity index (χ3n) is 4.74. The van der Waals surface area contributed by atoms with E-state index >= 15 is 0 Å². The van der Waals surface area contributed by atoms with Gasteiger partial charge in [-0.15, -0.1) is 0 Å². The van der Waals surface area contributed by atoms with Crippen LogP contribution in [0.25, 0.3) is 0 Å². The van der Waals surface area contributed by atoms with Gasteiger partial charge in [0.1, 0.15) is 0 Å². The minimum absolute atomic E-state index is 0.0733. The first kappa shape index (κ1) is 20.2. The largest absolute Gasteiger partial charge is 0.352 e. The first-order valence-electron chi connectivity index (χ1n) is 9.49. The van der Waals surface area contributed by atoms with Crippen molar-refractivity contribution in [3.8, 4) is 0 Å². The van der Waals surface area contributed by atoms with Crippen LogP contribution >= 0.6 is 0 Å². The molecule has 7 heteroatoms. The minimum Gasteiger partial charge on any atom is -0.352 e. The fourth-order valence-corrected chi connectivity index (χ4v) is 4.20. The molecule has 1 amide bonds. The minimum atomic E-state index is -3.71. The molecule has 1 aromatic heterocycles. The van der Waals surface area contributed by atoms with Crippen LogP contribution in [-0.4, -0.2) is 25.9 Å². The predicted octanol–water partition coefficient (Wildman–Crippen LogP) is 3.18. The van der Waals surface area contributed by atoms with Crippen LogP contribution in [0.3, 0.4) is 0 Å². The summed E-state index contributed by atoms with van der Waals surface area (Å²) in [6.07, 6.45) is 11.0. The van der Waals surface area contributed by atoms with Crippen LogP contribution in [0.5, 0.6) is 0 Å². The van der Waals surface area contributed by atoms with Crippen LogP contribution in [-0.2, 0) is 16.6 Å².